The summed E-state index contributed by atoms with van der Waals surface area (Å²) < 4.78 is 182. The Morgan fingerprint density at radius 3 is 1.51 bits per heavy atom. The van der Waals surface area contributed by atoms with E-state index >= 15 is 39.5 Å². The number of ether oxygens (including phenoxy) is 8. The van der Waals surface area contributed by atoms with Crippen molar-refractivity contribution >= 4 is 23.9 Å². The molecule has 5 rings (SSSR count). The van der Waals surface area contributed by atoms with Crippen molar-refractivity contribution in [2.24, 2.45) is 11.8 Å². The Morgan fingerprint density at radius 2 is 1.07 bits per heavy atom. The molecule has 11 atom stereocenters. The fraction of sp³-hybridized carbons (Fsp3) is 0.433. The highest BCUT2D eigenvalue weighted by Gasteiger charge is 2.67. The number of halogens is 9. The molecule has 1 fully saturated rings. The van der Waals surface area contributed by atoms with Gasteiger partial charge < -0.3 is 37.9 Å². The molecule has 440 valence electrons. The van der Waals surface area contributed by atoms with E-state index in [9.17, 15) is 19.2 Å². The Balaban J connectivity index is 1.66. The second-order valence-corrected chi connectivity index (χ2v) is 19.6. The van der Waals surface area contributed by atoms with Gasteiger partial charge in [-0.3, -0.25) is 4.79 Å². The molecule has 0 saturated carbocycles. The van der Waals surface area contributed by atoms with Crippen LogP contribution in [-0.4, -0.2) is 100 Å². The van der Waals surface area contributed by atoms with Crippen molar-refractivity contribution < 1.29 is 96.6 Å². The van der Waals surface area contributed by atoms with Crippen molar-refractivity contribution in [3.05, 3.63) is 181 Å². The zero-order valence-corrected chi connectivity index (χ0v) is 45.4. The molecule has 0 unspecified atom stereocenters. The molecule has 2 heterocycles. The van der Waals surface area contributed by atoms with E-state index in [1.807, 2.05) is 0 Å². The first kappa shape index (κ1) is 65.0. The first-order valence-electron chi connectivity index (χ1n) is 25.7. The number of benzene rings is 3. The number of hydrogen-bond donors (Lipinski definition) is 0. The lowest BCUT2D eigenvalue weighted by Gasteiger charge is -2.38. The van der Waals surface area contributed by atoms with Gasteiger partial charge in [0.1, 0.15) is 6.10 Å². The number of esters is 4. The zero-order chi connectivity index (χ0) is 60.0. The number of carbonyl (C=O) groups excluding carboxylic acids is 4. The van der Waals surface area contributed by atoms with E-state index in [0.717, 1.165) is 66.3 Å². The van der Waals surface area contributed by atoms with Crippen LogP contribution in [0.5, 0.6) is 0 Å². The monoisotopic (exact) mass is 1150 g/mol. The fourth-order valence-electron chi connectivity index (χ4n) is 9.52. The third-order valence-corrected chi connectivity index (χ3v) is 13.8. The van der Waals surface area contributed by atoms with Crippen LogP contribution < -0.4 is 0 Å². The molecule has 2 bridgehead atoms. The van der Waals surface area contributed by atoms with Gasteiger partial charge in [-0.05, 0) is 64.5 Å². The van der Waals surface area contributed by atoms with E-state index in [1.54, 1.807) is 26.0 Å². The summed E-state index contributed by atoms with van der Waals surface area (Å²) in [7, 11) is 1.86. The summed E-state index contributed by atoms with van der Waals surface area (Å²) in [6.45, 7) is 12.7. The Morgan fingerprint density at radius 1 is 0.642 bits per heavy atom. The summed E-state index contributed by atoms with van der Waals surface area (Å²) in [4.78, 5) is 57.2. The van der Waals surface area contributed by atoms with E-state index < -0.39 is 124 Å². The fourth-order valence-corrected chi connectivity index (χ4v) is 9.52. The molecule has 0 N–H and O–H groups in total. The van der Waals surface area contributed by atoms with Crippen LogP contribution in [0.2, 0.25) is 0 Å². The minimum absolute atomic E-state index is 0.000562. The molecular formula is C60H65F9O12. The van der Waals surface area contributed by atoms with Crippen LogP contribution >= 0.6 is 0 Å². The lowest BCUT2D eigenvalue weighted by Crippen LogP contribution is -2.55. The molecular weight excluding hydrogens is 1080 g/mol. The molecule has 12 nitrogen and oxygen atoms in total. The second kappa shape index (κ2) is 27.8. The third-order valence-electron chi connectivity index (χ3n) is 13.8. The second-order valence-electron chi connectivity index (χ2n) is 19.6. The third kappa shape index (κ3) is 14.8. The lowest BCUT2D eigenvalue weighted by molar-refractivity contribution is -0.283. The van der Waals surface area contributed by atoms with Gasteiger partial charge in [-0.15, -0.1) is 0 Å². The lowest BCUT2D eigenvalue weighted by atomic mass is 9.88. The molecule has 2 aliphatic heterocycles. The zero-order valence-electron chi connectivity index (χ0n) is 45.4. The van der Waals surface area contributed by atoms with E-state index in [-0.39, 0.29) is 32.1 Å². The first-order valence-corrected chi connectivity index (χ1v) is 25.7. The van der Waals surface area contributed by atoms with Crippen LogP contribution in [0.4, 0.5) is 39.5 Å². The number of rotatable bonds is 18. The van der Waals surface area contributed by atoms with E-state index in [1.165, 1.54) is 73.7 Å². The quantitative estimate of drug-likeness (QED) is 0.0393. The topological polar surface area (TPSA) is 142 Å². The van der Waals surface area contributed by atoms with E-state index in [0.29, 0.717) is 33.3 Å². The van der Waals surface area contributed by atoms with Gasteiger partial charge in [0.15, 0.2) is 18.3 Å². The van der Waals surface area contributed by atoms with Crippen molar-refractivity contribution in [2.75, 3.05) is 21.3 Å². The van der Waals surface area contributed by atoms with Crippen LogP contribution in [0.1, 0.15) is 76.0 Å². The number of fused-ring (bicyclic) bond motifs is 2. The van der Waals surface area contributed by atoms with Crippen molar-refractivity contribution in [3.63, 3.8) is 0 Å². The van der Waals surface area contributed by atoms with Gasteiger partial charge in [0.2, 0.25) is 0 Å². The van der Waals surface area contributed by atoms with Crippen LogP contribution in [0, 0.1) is 11.8 Å². The standard InChI is InChI=1S/C60H65F9O12/c1-38(2)23-22-24-39(3)37-41(5)49-50(81-54(73)57(76-8,60(67,68)69)44-30-16-11-17-31-44)48-36-35-45(77-48)32-19-21-34-47(79-53(72)56(75-7,59(64,65)66)43-28-14-10-15-29-43)46(33-20-18-25-40(4)51(70)80-49)78-52(71)55(74-6,58(61,62)63)42-26-12-9-13-27-42/h9-18,20-22,24-31,33-34,40-41,45-50H,1,3,19,23,32,35-37H2,2,4-8H3/b24-22+,25-18+,33-20+,34-21+/t40-,41-,45+,46-,47-,48+,49-,50-,55+,56+,57+/m1/s1. The average molecular weight is 1150 g/mol. The van der Waals surface area contributed by atoms with Gasteiger partial charge in [-0.2, -0.15) is 39.5 Å². The van der Waals surface area contributed by atoms with Crippen LogP contribution in [0.3, 0.4) is 0 Å². The normalized spacial score (nSPS) is 25.2. The number of carbonyl (C=O) groups is 4. The van der Waals surface area contributed by atoms with Gasteiger partial charge in [-0.1, -0.05) is 159 Å². The summed E-state index contributed by atoms with van der Waals surface area (Å²) in [5.41, 5.74) is -12.2. The minimum atomic E-state index is -5.54. The molecule has 81 heavy (non-hydrogen) atoms. The summed E-state index contributed by atoms with van der Waals surface area (Å²) in [6.07, 6.45) is -15.7. The highest BCUT2D eigenvalue weighted by atomic mass is 19.4. The van der Waals surface area contributed by atoms with E-state index in [2.05, 4.69) is 13.2 Å². The van der Waals surface area contributed by atoms with Gasteiger partial charge in [0, 0.05) is 43.9 Å². The highest BCUT2D eigenvalue weighted by molar-refractivity contribution is 5.85. The maximum absolute atomic E-state index is 15.4. The highest BCUT2D eigenvalue weighted by Crippen LogP contribution is 2.47. The Kier molecular flexibility index (Phi) is 22.3. The average Bonchev–Trinajstić information content (AvgIpc) is 3.88. The molecule has 3 aromatic rings. The van der Waals surface area contributed by atoms with Crippen LogP contribution in [0.25, 0.3) is 0 Å². The maximum Gasteiger partial charge on any atom is 0.432 e. The SMILES string of the molecule is C=C(C)C/C=C/C(=C)C[C@@H](C)[C@H]1OC(=O)[C@H](C)/C=C/C=C/[C@@H](OC(=O)[C@@](OC)(c2ccccc2)C(F)(F)F)[C@H](OC(=O)[C@@](OC)(c2ccccc2)C(F)(F)F)/C=C/CC[C@H]2CC[C@H](O2)[C@H]1OC(=O)[C@@](OC)(c1ccccc1)C(F)(F)F. The van der Waals surface area contributed by atoms with Crippen LogP contribution in [0.15, 0.2) is 164 Å². The molecule has 2 aliphatic rings. The van der Waals surface area contributed by atoms with E-state index in [4.69, 9.17) is 37.9 Å². The maximum atomic E-state index is 15.4. The predicted octanol–water partition coefficient (Wildman–Crippen LogP) is 12.7. The number of hydrogen-bond acceptors (Lipinski definition) is 12. The summed E-state index contributed by atoms with van der Waals surface area (Å²) >= 11 is 0. The smallest absolute Gasteiger partial charge is 0.432 e. The van der Waals surface area contributed by atoms with Crippen molar-refractivity contribution in [2.45, 2.75) is 131 Å². The Bertz CT molecular complexity index is 2740. The summed E-state index contributed by atoms with van der Waals surface area (Å²) in [6, 6.07) is 17.2. The van der Waals surface area contributed by atoms with Gasteiger partial charge in [0.05, 0.1) is 18.1 Å². The van der Waals surface area contributed by atoms with Crippen molar-refractivity contribution in [1.29, 1.82) is 0 Å². The molecule has 0 radical (unpaired) electrons. The van der Waals surface area contributed by atoms with Crippen LogP contribution in [-0.2, 0) is 73.9 Å². The predicted molar refractivity (Wildman–Crippen MR) is 278 cm³/mol. The minimum Gasteiger partial charge on any atom is -0.458 e. The molecule has 0 aromatic heterocycles. The number of methoxy groups -OCH3 is 3. The molecule has 21 heteroatoms. The van der Waals surface area contributed by atoms with Crippen molar-refractivity contribution in [3.8, 4) is 0 Å². The number of cyclic esters (lactones) is 1. The number of alkyl halides is 9. The largest absolute Gasteiger partial charge is 0.458 e. The van der Waals surface area contributed by atoms with Gasteiger partial charge in [-0.25, -0.2) is 14.4 Å². The summed E-state index contributed by atoms with van der Waals surface area (Å²) in [5.74, 6) is -9.32. The molecule has 1 saturated heterocycles. The Labute approximate surface area is 464 Å². The molecule has 0 aliphatic carbocycles. The Hall–Kier alpha value is -6.81. The molecule has 0 spiro atoms. The van der Waals surface area contributed by atoms with Crippen molar-refractivity contribution in [1.82, 2.24) is 0 Å². The van der Waals surface area contributed by atoms with Gasteiger partial charge in [0.25, 0.3) is 16.8 Å². The first-order chi connectivity index (χ1) is 38.1. The molecule has 3 aromatic carbocycles. The number of allylic oxidation sites excluding steroid dienone is 7. The molecule has 0 amide bonds. The van der Waals surface area contributed by atoms with Gasteiger partial charge >= 0.3 is 42.4 Å². The summed E-state index contributed by atoms with van der Waals surface area (Å²) in [5, 5.41) is 0.